The van der Waals surface area contributed by atoms with E-state index in [9.17, 15) is 0 Å². The smallest absolute Gasteiger partial charge is 0.0108 e. The molecule has 2 heteroatoms. The van der Waals surface area contributed by atoms with E-state index in [1.54, 1.807) is 0 Å². The normalized spacial score (nSPS) is 19.3. The molecule has 0 aromatic heterocycles. The van der Waals surface area contributed by atoms with E-state index in [2.05, 4.69) is 18.7 Å². The van der Waals surface area contributed by atoms with Gasteiger partial charge in [-0.2, -0.15) is 0 Å². The van der Waals surface area contributed by atoms with Crippen LogP contribution in [0.2, 0.25) is 0 Å². The fraction of sp³-hybridized carbons (Fsp3) is 1.00. The molecule has 1 fully saturated rings. The highest BCUT2D eigenvalue weighted by atomic mass is 15.2. The fourth-order valence-electron chi connectivity index (χ4n) is 3.28. The van der Waals surface area contributed by atoms with E-state index in [0.29, 0.717) is 0 Å². The number of hydrogen-bond acceptors (Lipinski definition) is 2. The third-order valence-electron chi connectivity index (χ3n) is 4.54. The van der Waals surface area contributed by atoms with Gasteiger partial charge in [0.05, 0.1) is 0 Å². The average molecular weight is 254 g/mol. The highest BCUT2D eigenvalue weighted by Crippen LogP contribution is 2.24. The Morgan fingerprint density at radius 2 is 1.89 bits per heavy atom. The Kier molecular flexibility index (Phi) is 8.70. The van der Waals surface area contributed by atoms with Gasteiger partial charge in [0.2, 0.25) is 0 Å². The lowest BCUT2D eigenvalue weighted by Crippen LogP contribution is -2.42. The summed E-state index contributed by atoms with van der Waals surface area (Å²) >= 11 is 0. The lowest BCUT2D eigenvalue weighted by molar-refractivity contribution is 0.132. The monoisotopic (exact) mass is 254 g/mol. The Morgan fingerprint density at radius 1 is 1.17 bits per heavy atom. The van der Waals surface area contributed by atoms with Gasteiger partial charge >= 0.3 is 0 Å². The predicted molar refractivity (Wildman–Crippen MR) is 80.8 cm³/mol. The third-order valence-corrected chi connectivity index (χ3v) is 4.54. The van der Waals surface area contributed by atoms with E-state index in [4.69, 9.17) is 5.73 Å². The van der Waals surface area contributed by atoms with E-state index in [0.717, 1.165) is 25.0 Å². The molecule has 1 saturated carbocycles. The van der Waals surface area contributed by atoms with Crippen molar-refractivity contribution in [2.45, 2.75) is 77.7 Å². The van der Waals surface area contributed by atoms with Gasteiger partial charge in [0, 0.05) is 25.7 Å². The molecule has 0 radical (unpaired) electrons. The standard InChI is InChI=1S/C16H34N2/c1-3-5-9-15(4-2)14-18(13-12-17)16-10-7-6-8-11-16/h15-16H,3-14,17H2,1-2H3. The molecule has 1 rings (SSSR count). The SMILES string of the molecule is CCCCC(CC)CN(CCN)C1CCCCC1. The molecule has 0 spiro atoms. The van der Waals surface area contributed by atoms with Crippen LogP contribution in [0.1, 0.15) is 71.6 Å². The Labute approximate surface area is 114 Å². The molecule has 0 aromatic carbocycles. The molecular formula is C16H34N2. The van der Waals surface area contributed by atoms with Gasteiger partial charge in [-0.25, -0.2) is 0 Å². The minimum absolute atomic E-state index is 0.820. The molecule has 108 valence electrons. The first-order chi connectivity index (χ1) is 8.81. The first-order valence-electron chi connectivity index (χ1n) is 8.25. The molecule has 0 bridgehead atoms. The fourth-order valence-corrected chi connectivity index (χ4v) is 3.28. The van der Waals surface area contributed by atoms with Crippen LogP contribution in [-0.2, 0) is 0 Å². The zero-order chi connectivity index (χ0) is 13.2. The lowest BCUT2D eigenvalue weighted by atomic mass is 9.92. The van der Waals surface area contributed by atoms with E-state index in [1.807, 2.05) is 0 Å². The first kappa shape index (κ1) is 16.0. The van der Waals surface area contributed by atoms with Crippen molar-refractivity contribution in [1.29, 1.82) is 0 Å². The van der Waals surface area contributed by atoms with Crippen molar-refractivity contribution in [3.63, 3.8) is 0 Å². The molecule has 1 unspecified atom stereocenters. The summed E-state index contributed by atoms with van der Waals surface area (Å²) in [6.07, 6.45) is 12.6. The van der Waals surface area contributed by atoms with Crippen LogP contribution in [0, 0.1) is 5.92 Å². The van der Waals surface area contributed by atoms with Crippen LogP contribution >= 0.6 is 0 Å². The molecular weight excluding hydrogens is 220 g/mol. The van der Waals surface area contributed by atoms with Crippen LogP contribution in [-0.4, -0.2) is 30.6 Å². The Hall–Kier alpha value is -0.0800. The maximum absolute atomic E-state index is 5.81. The van der Waals surface area contributed by atoms with Gasteiger partial charge < -0.3 is 5.73 Å². The van der Waals surface area contributed by atoms with Crippen molar-refractivity contribution in [2.75, 3.05) is 19.6 Å². The summed E-state index contributed by atoms with van der Waals surface area (Å²) in [5.74, 6) is 0.887. The second-order valence-corrected chi connectivity index (χ2v) is 5.99. The Morgan fingerprint density at radius 3 is 2.44 bits per heavy atom. The summed E-state index contributed by atoms with van der Waals surface area (Å²) in [6, 6.07) is 0.831. The van der Waals surface area contributed by atoms with Crippen molar-refractivity contribution >= 4 is 0 Å². The second-order valence-electron chi connectivity index (χ2n) is 5.99. The Balaban J connectivity index is 2.43. The summed E-state index contributed by atoms with van der Waals surface area (Å²) in [5, 5.41) is 0. The molecule has 0 amide bonds. The van der Waals surface area contributed by atoms with Gasteiger partial charge in [0.25, 0.3) is 0 Å². The van der Waals surface area contributed by atoms with E-state index < -0.39 is 0 Å². The van der Waals surface area contributed by atoms with Gasteiger partial charge in [0.15, 0.2) is 0 Å². The van der Waals surface area contributed by atoms with Crippen molar-refractivity contribution in [2.24, 2.45) is 11.7 Å². The van der Waals surface area contributed by atoms with Crippen molar-refractivity contribution in [3.8, 4) is 0 Å². The van der Waals surface area contributed by atoms with E-state index in [1.165, 1.54) is 64.3 Å². The number of hydrogen-bond donors (Lipinski definition) is 1. The largest absolute Gasteiger partial charge is 0.329 e. The molecule has 2 N–H and O–H groups in total. The van der Waals surface area contributed by atoms with Crippen LogP contribution < -0.4 is 5.73 Å². The van der Waals surface area contributed by atoms with Crippen molar-refractivity contribution < 1.29 is 0 Å². The van der Waals surface area contributed by atoms with Crippen LogP contribution in [0.3, 0.4) is 0 Å². The quantitative estimate of drug-likeness (QED) is 0.678. The zero-order valence-electron chi connectivity index (χ0n) is 12.7. The molecule has 0 heterocycles. The highest BCUT2D eigenvalue weighted by Gasteiger charge is 2.22. The van der Waals surface area contributed by atoms with Gasteiger partial charge in [-0.1, -0.05) is 52.4 Å². The van der Waals surface area contributed by atoms with Crippen molar-refractivity contribution in [3.05, 3.63) is 0 Å². The molecule has 1 aliphatic carbocycles. The summed E-state index contributed by atoms with van der Waals surface area (Å²) in [6.45, 7) is 7.86. The average Bonchev–Trinajstić information content (AvgIpc) is 2.43. The number of rotatable bonds is 9. The highest BCUT2D eigenvalue weighted by molar-refractivity contribution is 4.78. The topological polar surface area (TPSA) is 29.3 Å². The number of unbranched alkanes of at least 4 members (excludes halogenated alkanes) is 1. The minimum Gasteiger partial charge on any atom is -0.329 e. The van der Waals surface area contributed by atoms with Gasteiger partial charge in [-0.05, 0) is 25.2 Å². The van der Waals surface area contributed by atoms with Crippen LogP contribution in [0.5, 0.6) is 0 Å². The molecule has 0 saturated heterocycles. The lowest BCUT2D eigenvalue weighted by Gasteiger charge is -2.36. The van der Waals surface area contributed by atoms with Crippen molar-refractivity contribution in [1.82, 2.24) is 4.90 Å². The Bertz CT molecular complexity index is 188. The maximum Gasteiger partial charge on any atom is 0.0108 e. The number of nitrogens with two attached hydrogens (primary N) is 1. The van der Waals surface area contributed by atoms with Crippen LogP contribution in [0.4, 0.5) is 0 Å². The minimum atomic E-state index is 0.820. The molecule has 1 aliphatic rings. The molecule has 2 nitrogen and oxygen atoms in total. The first-order valence-corrected chi connectivity index (χ1v) is 8.25. The summed E-state index contributed by atoms with van der Waals surface area (Å²) in [5.41, 5.74) is 5.81. The van der Waals surface area contributed by atoms with E-state index >= 15 is 0 Å². The zero-order valence-corrected chi connectivity index (χ0v) is 12.7. The molecule has 1 atom stereocenters. The summed E-state index contributed by atoms with van der Waals surface area (Å²) < 4.78 is 0. The summed E-state index contributed by atoms with van der Waals surface area (Å²) in [7, 11) is 0. The van der Waals surface area contributed by atoms with Crippen LogP contribution in [0.15, 0.2) is 0 Å². The van der Waals surface area contributed by atoms with Gasteiger partial charge in [0.1, 0.15) is 0 Å². The van der Waals surface area contributed by atoms with E-state index in [-0.39, 0.29) is 0 Å². The third kappa shape index (κ3) is 5.71. The molecule has 18 heavy (non-hydrogen) atoms. The molecule has 0 aromatic rings. The second kappa shape index (κ2) is 9.80. The van der Waals surface area contributed by atoms with Gasteiger partial charge in [-0.3, -0.25) is 4.90 Å². The van der Waals surface area contributed by atoms with Gasteiger partial charge in [-0.15, -0.1) is 0 Å². The summed E-state index contributed by atoms with van der Waals surface area (Å²) in [4.78, 5) is 2.71. The maximum atomic E-state index is 5.81. The van der Waals surface area contributed by atoms with Crippen LogP contribution in [0.25, 0.3) is 0 Å². The molecule has 0 aliphatic heterocycles. The predicted octanol–water partition coefficient (Wildman–Crippen LogP) is 3.80. The number of nitrogens with zero attached hydrogens (tertiary/aromatic N) is 1.